The van der Waals surface area contributed by atoms with Crippen molar-refractivity contribution in [3.8, 4) is 5.75 Å². The van der Waals surface area contributed by atoms with Crippen LogP contribution in [0.5, 0.6) is 5.75 Å². The van der Waals surface area contributed by atoms with Crippen LogP contribution in [0.4, 0.5) is 11.4 Å². The number of non-ortho nitro benzene ring substituents is 1. The van der Waals surface area contributed by atoms with E-state index >= 15 is 0 Å². The predicted molar refractivity (Wildman–Crippen MR) is 114 cm³/mol. The summed E-state index contributed by atoms with van der Waals surface area (Å²) in [6.45, 7) is 6.33. The highest BCUT2D eigenvalue weighted by Gasteiger charge is 2.16. The Bertz CT molecular complexity index is 1090. The van der Waals surface area contributed by atoms with E-state index in [9.17, 15) is 14.9 Å². The number of furan rings is 1. The van der Waals surface area contributed by atoms with Crippen LogP contribution in [-0.2, 0) is 6.61 Å². The number of nitro groups is 1. The molecule has 1 aromatic heterocycles. The topological polar surface area (TPSA) is 94.6 Å². The van der Waals surface area contributed by atoms with E-state index in [2.05, 4.69) is 19.2 Å². The molecule has 0 aliphatic heterocycles. The summed E-state index contributed by atoms with van der Waals surface area (Å²) in [5, 5.41) is 13.6. The summed E-state index contributed by atoms with van der Waals surface area (Å²) < 4.78 is 11.5. The minimum absolute atomic E-state index is 0.0458. The van der Waals surface area contributed by atoms with Gasteiger partial charge in [-0.3, -0.25) is 14.9 Å². The van der Waals surface area contributed by atoms with Gasteiger partial charge in [-0.25, -0.2) is 0 Å². The van der Waals surface area contributed by atoms with Gasteiger partial charge < -0.3 is 14.5 Å². The molecule has 7 nitrogen and oxygen atoms in total. The van der Waals surface area contributed by atoms with Gasteiger partial charge in [0.15, 0.2) is 5.76 Å². The van der Waals surface area contributed by atoms with E-state index in [1.807, 2.05) is 25.1 Å². The predicted octanol–water partition coefficient (Wildman–Crippen LogP) is 6.10. The number of ether oxygens (including phenoxy) is 1. The molecule has 0 unspecified atom stereocenters. The van der Waals surface area contributed by atoms with E-state index in [4.69, 9.17) is 20.8 Å². The third-order valence-electron chi connectivity index (χ3n) is 4.46. The molecule has 3 rings (SSSR count). The van der Waals surface area contributed by atoms with Crippen LogP contribution < -0.4 is 10.1 Å². The molecule has 0 radical (unpaired) electrons. The van der Waals surface area contributed by atoms with Gasteiger partial charge in [-0.15, -0.1) is 0 Å². The highest BCUT2D eigenvalue weighted by Crippen LogP contribution is 2.29. The number of benzene rings is 2. The maximum atomic E-state index is 12.4. The highest BCUT2D eigenvalue weighted by molar-refractivity contribution is 6.34. The molecule has 3 aromatic rings. The van der Waals surface area contributed by atoms with Crippen LogP contribution in [0.2, 0.25) is 5.02 Å². The number of hydrogen-bond donors (Lipinski definition) is 1. The van der Waals surface area contributed by atoms with Gasteiger partial charge in [-0.1, -0.05) is 37.6 Å². The van der Waals surface area contributed by atoms with Crippen LogP contribution in [-0.4, -0.2) is 10.8 Å². The lowest BCUT2D eigenvalue weighted by Gasteiger charge is -2.14. The number of halogens is 1. The first-order valence-electron chi connectivity index (χ1n) is 9.32. The minimum Gasteiger partial charge on any atom is -0.485 e. The molecule has 156 valence electrons. The highest BCUT2D eigenvalue weighted by atomic mass is 35.5. The molecule has 1 amide bonds. The van der Waals surface area contributed by atoms with Crippen molar-refractivity contribution in [2.24, 2.45) is 0 Å². The Balaban J connectivity index is 1.70. The zero-order chi connectivity index (χ0) is 21.8. The smallest absolute Gasteiger partial charge is 0.291 e. The van der Waals surface area contributed by atoms with E-state index in [0.29, 0.717) is 11.7 Å². The van der Waals surface area contributed by atoms with E-state index in [-0.39, 0.29) is 28.8 Å². The number of nitrogens with zero attached hydrogens (tertiary/aromatic N) is 1. The van der Waals surface area contributed by atoms with Gasteiger partial charge >= 0.3 is 0 Å². The fourth-order valence-corrected chi connectivity index (χ4v) is 3.04. The third kappa shape index (κ3) is 4.99. The molecule has 0 fully saturated rings. The number of nitrogens with one attached hydrogen (secondary N) is 1. The summed E-state index contributed by atoms with van der Waals surface area (Å²) in [5.41, 5.74) is 2.13. The number of carbonyl (C=O) groups excluding carboxylic acids is 1. The number of anilines is 1. The van der Waals surface area contributed by atoms with Gasteiger partial charge in [-0.2, -0.15) is 0 Å². The Morgan fingerprint density at radius 2 is 1.97 bits per heavy atom. The lowest BCUT2D eigenvalue weighted by molar-refractivity contribution is -0.384. The maximum Gasteiger partial charge on any atom is 0.291 e. The first kappa shape index (κ1) is 21.4. The van der Waals surface area contributed by atoms with Crippen molar-refractivity contribution in [1.29, 1.82) is 0 Å². The minimum atomic E-state index is -0.568. The van der Waals surface area contributed by atoms with Gasteiger partial charge in [0.25, 0.3) is 11.6 Å². The Morgan fingerprint density at radius 1 is 1.20 bits per heavy atom. The van der Waals surface area contributed by atoms with Crippen LogP contribution in [0.25, 0.3) is 0 Å². The lowest BCUT2D eigenvalue weighted by Crippen LogP contribution is -2.11. The fraction of sp³-hybridized carbons (Fsp3) is 0.227. The van der Waals surface area contributed by atoms with E-state index in [1.165, 1.54) is 24.3 Å². The van der Waals surface area contributed by atoms with Crippen molar-refractivity contribution in [3.05, 3.63) is 86.3 Å². The van der Waals surface area contributed by atoms with Crippen LogP contribution in [0.15, 0.2) is 52.9 Å². The molecule has 0 saturated carbocycles. The average Bonchev–Trinajstić information content (AvgIpc) is 3.17. The van der Waals surface area contributed by atoms with Crippen molar-refractivity contribution in [1.82, 2.24) is 0 Å². The normalized spacial score (nSPS) is 10.8. The van der Waals surface area contributed by atoms with Crippen molar-refractivity contribution < 1.29 is 18.9 Å². The Kier molecular flexibility index (Phi) is 6.42. The summed E-state index contributed by atoms with van der Waals surface area (Å²) >= 11 is 6.02. The van der Waals surface area contributed by atoms with Gasteiger partial charge in [0.2, 0.25) is 0 Å². The van der Waals surface area contributed by atoms with Crippen LogP contribution in [0.1, 0.15) is 47.2 Å². The lowest BCUT2D eigenvalue weighted by atomic mass is 10.0. The van der Waals surface area contributed by atoms with Gasteiger partial charge in [0.1, 0.15) is 18.1 Å². The summed E-state index contributed by atoms with van der Waals surface area (Å²) in [6, 6.07) is 13.0. The zero-order valence-corrected chi connectivity index (χ0v) is 17.5. The third-order valence-corrected chi connectivity index (χ3v) is 4.78. The summed E-state index contributed by atoms with van der Waals surface area (Å²) in [5.74, 6) is 1.03. The Labute approximate surface area is 178 Å². The summed E-state index contributed by atoms with van der Waals surface area (Å²) in [7, 11) is 0. The monoisotopic (exact) mass is 428 g/mol. The Morgan fingerprint density at radius 3 is 2.67 bits per heavy atom. The molecule has 0 saturated heterocycles. The van der Waals surface area contributed by atoms with Gasteiger partial charge in [0.05, 0.1) is 15.6 Å². The van der Waals surface area contributed by atoms with E-state index in [0.717, 1.165) is 16.9 Å². The zero-order valence-electron chi connectivity index (χ0n) is 16.8. The fourth-order valence-electron chi connectivity index (χ4n) is 2.88. The van der Waals surface area contributed by atoms with Crippen LogP contribution >= 0.6 is 11.6 Å². The molecule has 0 aliphatic carbocycles. The molecule has 8 heteroatoms. The van der Waals surface area contributed by atoms with E-state index < -0.39 is 10.8 Å². The quantitative estimate of drug-likeness (QED) is 0.362. The number of rotatable bonds is 7. The standard InChI is InChI=1S/C22H21ClN2O5/c1-13(2)17-7-4-14(3)10-21(17)29-12-16-6-9-20(30-16)22(26)24-19-11-15(25(27)28)5-8-18(19)23/h4-11,13H,12H2,1-3H3,(H,24,26). The number of hydrogen-bond acceptors (Lipinski definition) is 5. The molecule has 1 N–H and O–H groups in total. The molecular weight excluding hydrogens is 408 g/mol. The molecule has 0 aliphatic rings. The summed E-state index contributed by atoms with van der Waals surface area (Å²) in [6.07, 6.45) is 0. The second-order valence-electron chi connectivity index (χ2n) is 7.13. The largest absolute Gasteiger partial charge is 0.485 e. The molecule has 0 spiro atoms. The number of aryl methyl sites for hydroxylation is 1. The van der Waals surface area contributed by atoms with Gasteiger partial charge in [0, 0.05) is 12.1 Å². The van der Waals surface area contributed by atoms with Crippen molar-refractivity contribution in [2.45, 2.75) is 33.3 Å². The molecular formula is C22H21ClN2O5. The van der Waals surface area contributed by atoms with Crippen LogP contribution in [0.3, 0.4) is 0 Å². The Hall–Kier alpha value is -3.32. The van der Waals surface area contributed by atoms with Gasteiger partial charge in [-0.05, 0) is 48.2 Å². The molecule has 30 heavy (non-hydrogen) atoms. The van der Waals surface area contributed by atoms with E-state index in [1.54, 1.807) is 6.07 Å². The number of amides is 1. The first-order chi connectivity index (χ1) is 14.2. The number of carbonyl (C=O) groups is 1. The van der Waals surface area contributed by atoms with Crippen molar-refractivity contribution in [3.63, 3.8) is 0 Å². The molecule has 0 atom stereocenters. The molecule has 1 heterocycles. The maximum absolute atomic E-state index is 12.4. The second-order valence-corrected chi connectivity index (χ2v) is 7.53. The second kappa shape index (κ2) is 9.00. The van der Waals surface area contributed by atoms with Crippen molar-refractivity contribution in [2.75, 3.05) is 5.32 Å². The first-order valence-corrected chi connectivity index (χ1v) is 9.69. The SMILES string of the molecule is Cc1ccc(C(C)C)c(OCc2ccc(C(=O)Nc3cc([N+](=O)[O-])ccc3Cl)o2)c1. The average molecular weight is 429 g/mol. The molecule has 2 aromatic carbocycles. The van der Waals surface area contributed by atoms with Crippen molar-refractivity contribution >= 4 is 28.9 Å². The number of nitro benzene ring substituents is 1. The molecule has 0 bridgehead atoms. The van der Waals surface area contributed by atoms with Crippen LogP contribution in [0, 0.1) is 17.0 Å². The summed E-state index contributed by atoms with van der Waals surface area (Å²) in [4.78, 5) is 22.8.